The molecule has 0 aliphatic heterocycles. The van der Waals surface area contributed by atoms with Crippen LogP contribution in [0.5, 0.6) is 0 Å². The van der Waals surface area contributed by atoms with Gasteiger partial charge in [-0.05, 0) is 64.6 Å². The summed E-state index contributed by atoms with van der Waals surface area (Å²) < 4.78 is 22.4. The normalized spacial score (nSPS) is 13.4. The molecule has 4 aromatic carbocycles. The SMILES string of the molecule is Cc1ccc2c(oc3c(-c4ccc5c(c4)C(C)(C)c4ccccc4-5)cc(C#N)cc32)c1-c1ccc(F)c[n+]1C. The van der Waals surface area contributed by atoms with Crippen LogP contribution in [0.25, 0.3) is 55.4 Å². The number of furan rings is 1. The first-order chi connectivity index (χ1) is 18.8. The number of aromatic nitrogens is 1. The molecule has 6 aromatic rings. The molecule has 0 radical (unpaired) electrons. The molecule has 4 heteroatoms. The molecule has 7 rings (SSSR count). The number of nitriles is 1. The molecule has 3 nitrogen and oxygen atoms in total. The third-order valence-electron chi connectivity index (χ3n) is 8.33. The average Bonchev–Trinajstić information content (AvgIpc) is 3.41. The summed E-state index contributed by atoms with van der Waals surface area (Å²) in [6.07, 6.45) is 1.47. The Morgan fingerprint density at radius 1 is 0.821 bits per heavy atom. The molecule has 2 heterocycles. The maximum Gasteiger partial charge on any atom is 0.216 e. The Morgan fingerprint density at radius 3 is 2.41 bits per heavy atom. The van der Waals surface area contributed by atoms with Gasteiger partial charge in [0.15, 0.2) is 5.82 Å². The van der Waals surface area contributed by atoms with Crippen molar-refractivity contribution in [2.75, 3.05) is 0 Å². The molecule has 0 saturated carbocycles. The minimum atomic E-state index is -0.293. The van der Waals surface area contributed by atoms with Crippen LogP contribution >= 0.6 is 0 Å². The number of hydrogen-bond acceptors (Lipinski definition) is 2. The van der Waals surface area contributed by atoms with Crippen LogP contribution in [0.1, 0.15) is 36.1 Å². The first-order valence-corrected chi connectivity index (χ1v) is 13.1. The summed E-state index contributed by atoms with van der Waals surface area (Å²) in [6, 6.07) is 28.7. The summed E-state index contributed by atoms with van der Waals surface area (Å²) in [6.45, 7) is 6.57. The third kappa shape index (κ3) is 3.30. The van der Waals surface area contributed by atoms with E-state index in [-0.39, 0.29) is 11.2 Å². The van der Waals surface area contributed by atoms with Crippen LogP contribution in [0.3, 0.4) is 0 Å². The van der Waals surface area contributed by atoms with Gasteiger partial charge in [-0.15, -0.1) is 0 Å². The Balaban J connectivity index is 1.51. The number of aryl methyl sites for hydroxylation is 2. The Morgan fingerprint density at radius 2 is 1.62 bits per heavy atom. The van der Waals surface area contributed by atoms with Gasteiger partial charge < -0.3 is 4.42 Å². The van der Waals surface area contributed by atoms with Crippen LogP contribution in [0, 0.1) is 24.1 Å². The highest BCUT2D eigenvalue weighted by Crippen LogP contribution is 2.50. The van der Waals surface area contributed by atoms with Crippen LogP contribution in [-0.2, 0) is 12.5 Å². The van der Waals surface area contributed by atoms with E-state index >= 15 is 0 Å². The van der Waals surface area contributed by atoms with Crippen LogP contribution in [0.15, 0.2) is 89.5 Å². The highest BCUT2D eigenvalue weighted by atomic mass is 19.1. The van der Waals surface area contributed by atoms with E-state index in [1.165, 1.54) is 34.5 Å². The fraction of sp³-hybridized carbons (Fsp3) is 0.143. The van der Waals surface area contributed by atoms with E-state index in [1.807, 2.05) is 26.1 Å². The minimum absolute atomic E-state index is 0.136. The second-order valence-corrected chi connectivity index (χ2v) is 11.0. The van der Waals surface area contributed by atoms with Crippen LogP contribution < -0.4 is 4.57 Å². The standard InChI is InChI=1S/C35H26FN2O/c1-20-9-12-26-28-16-21(18-37)15-27(33(28)39-34(26)32(20)31-14-11-23(36)19-38(31)4)22-10-13-25-24-7-5-6-8-29(24)35(2,3)30(25)17-22/h5-17,19H,1-4H3/q+1. The number of nitrogens with zero attached hydrogens (tertiary/aromatic N) is 2. The molecule has 0 amide bonds. The summed E-state index contributed by atoms with van der Waals surface area (Å²) in [7, 11) is 1.84. The molecule has 1 aliphatic carbocycles. The summed E-state index contributed by atoms with van der Waals surface area (Å²) in [4.78, 5) is 0. The van der Waals surface area contributed by atoms with E-state index < -0.39 is 0 Å². The molecular weight excluding hydrogens is 483 g/mol. The van der Waals surface area contributed by atoms with E-state index in [0.29, 0.717) is 5.56 Å². The molecular formula is C35H26FN2O+. The summed E-state index contributed by atoms with van der Waals surface area (Å²) in [5.41, 5.74) is 11.7. The molecule has 0 saturated heterocycles. The quantitative estimate of drug-likeness (QED) is 0.220. The number of rotatable bonds is 2. The van der Waals surface area contributed by atoms with E-state index in [9.17, 15) is 9.65 Å². The van der Waals surface area contributed by atoms with Crippen molar-refractivity contribution in [3.8, 4) is 39.6 Å². The highest BCUT2D eigenvalue weighted by Gasteiger charge is 2.35. The Bertz CT molecular complexity index is 2040. The van der Waals surface area contributed by atoms with Crippen LogP contribution in [0.4, 0.5) is 4.39 Å². The van der Waals surface area contributed by atoms with Crippen molar-refractivity contribution < 1.29 is 13.4 Å². The Labute approximate surface area is 226 Å². The number of benzene rings is 4. The molecule has 39 heavy (non-hydrogen) atoms. The van der Waals surface area contributed by atoms with Crippen LogP contribution in [-0.4, -0.2) is 0 Å². The summed E-state index contributed by atoms with van der Waals surface area (Å²) in [5.74, 6) is -0.293. The zero-order chi connectivity index (χ0) is 27.1. The van der Waals surface area contributed by atoms with Crippen molar-refractivity contribution in [1.82, 2.24) is 0 Å². The van der Waals surface area contributed by atoms with Crippen molar-refractivity contribution in [3.63, 3.8) is 0 Å². The summed E-state index contributed by atoms with van der Waals surface area (Å²) >= 11 is 0. The number of fused-ring (bicyclic) bond motifs is 6. The van der Waals surface area contributed by atoms with Crippen molar-refractivity contribution in [2.45, 2.75) is 26.2 Å². The molecule has 1 aliphatic rings. The van der Waals surface area contributed by atoms with E-state index in [0.717, 1.165) is 49.9 Å². The maximum absolute atomic E-state index is 13.9. The predicted molar refractivity (Wildman–Crippen MR) is 153 cm³/mol. The van der Waals surface area contributed by atoms with E-state index in [2.05, 4.69) is 74.5 Å². The number of pyridine rings is 1. The van der Waals surface area contributed by atoms with Crippen molar-refractivity contribution in [2.24, 2.45) is 7.05 Å². The van der Waals surface area contributed by atoms with E-state index in [1.54, 1.807) is 10.6 Å². The van der Waals surface area contributed by atoms with Crippen molar-refractivity contribution in [3.05, 3.63) is 113 Å². The van der Waals surface area contributed by atoms with Gasteiger partial charge in [0.2, 0.25) is 11.9 Å². The Hall–Kier alpha value is -4.75. The maximum atomic E-state index is 13.9. The van der Waals surface area contributed by atoms with Crippen molar-refractivity contribution in [1.29, 1.82) is 5.26 Å². The smallest absolute Gasteiger partial charge is 0.216 e. The molecule has 2 aromatic heterocycles. The lowest BCUT2D eigenvalue weighted by Crippen LogP contribution is -2.31. The lowest BCUT2D eigenvalue weighted by Gasteiger charge is -2.22. The average molecular weight is 510 g/mol. The van der Waals surface area contributed by atoms with E-state index in [4.69, 9.17) is 4.42 Å². The van der Waals surface area contributed by atoms with Gasteiger partial charge in [0.1, 0.15) is 18.2 Å². The highest BCUT2D eigenvalue weighted by molar-refractivity contribution is 6.13. The number of hydrogen-bond donors (Lipinski definition) is 0. The predicted octanol–water partition coefficient (Wildman–Crippen LogP) is 8.37. The van der Waals surface area contributed by atoms with Gasteiger partial charge in [0, 0.05) is 27.8 Å². The molecule has 0 spiro atoms. The fourth-order valence-electron chi connectivity index (χ4n) is 6.34. The van der Waals surface area contributed by atoms with Crippen LogP contribution in [0.2, 0.25) is 0 Å². The third-order valence-corrected chi connectivity index (χ3v) is 8.33. The van der Waals surface area contributed by atoms with Crippen molar-refractivity contribution >= 4 is 21.9 Å². The second kappa shape index (κ2) is 8.12. The fourth-order valence-corrected chi connectivity index (χ4v) is 6.34. The van der Waals surface area contributed by atoms with Gasteiger partial charge in [-0.2, -0.15) is 9.83 Å². The zero-order valence-electron chi connectivity index (χ0n) is 22.3. The minimum Gasteiger partial charge on any atom is -0.454 e. The summed E-state index contributed by atoms with van der Waals surface area (Å²) in [5, 5.41) is 11.8. The topological polar surface area (TPSA) is 40.8 Å². The molecule has 188 valence electrons. The van der Waals surface area contributed by atoms with Gasteiger partial charge in [-0.3, -0.25) is 0 Å². The second-order valence-electron chi connectivity index (χ2n) is 11.0. The Kier molecular flexibility index (Phi) is 4.87. The molecule has 0 atom stereocenters. The molecule has 0 N–H and O–H groups in total. The lowest BCUT2D eigenvalue weighted by atomic mass is 9.81. The van der Waals surface area contributed by atoms with Gasteiger partial charge in [-0.1, -0.05) is 62.4 Å². The van der Waals surface area contributed by atoms with Gasteiger partial charge in [-0.25, -0.2) is 4.39 Å². The van der Waals surface area contributed by atoms with Gasteiger partial charge in [0.25, 0.3) is 0 Å². The first kappa shape index (κ1) is 23.4. The largest absolute Gasteiger partial charge is 0.454 e. The zero-order valence-corrected chi connectivity index (χ0v) is 22.3. The lowest BCUT2D eigenvalue weighted by molar-refractivity contribution is -0.661. The monoisotopic (exact) mass is 509 g/mol. The molecule has 0 bridgehead atoms. The van der Waals surface area contributed by atoms with Gasteiger partial charge in [0.05, 0.1) is 17.2 Å². The first-order valence-electron chi connectivity index (χ1n) is 13.1. The number of halogens is 1. The molecule has 0 fully saturated rings. The molecule has 0 unspecified atom stereocenters. The van der Waals surface area contributed by atoms with Gasteiger partial charge >= 0.3 is 0 Å².